The summed E-state index contributed by atoms with van der Waals surface area (Å²) in [6.45, 7) is -0.682. The van der Waals surface area contributed by atoms with Crippen LogP contribution >= 0.6 is 0 Å². The predicted octanol–water partition coefficient (Wildman–Crippen LogP) is 1.49. The first-order valence-electron chi connectivity index (χ1n) is 2.41. The Morgan fingerprint density at radius 2 is 2.44 bits per heavy atom. The highest BCUT2D eigenvalue weighted by atomic mass is 19.1. The Labute approximate surface area is 51.3 Å². The number of aromatic nitrogens is 1. The Morgan fingerprint density at radius 3 is 2.89 bits per heavy atom. The second kappa shape index (κ2) is 2.53. The fourth-order valence-corrected chi connectivity index (χ4v) is 0.482. The molecule has 0 spiro atoms. The molecule has 9 heavy (non-hydrogen) atoms. The topological polar surface area (TPSA) is 12.9 Å². The summed E-state index contributed by atoms with van der Waals surface area (Å²) >= 11 is 0. The minimum absolute atomic E-state index is 0.242. The highest BCUT2D eigenvalue weighted by Gasteiger charge is 1.93. The summed E-state index contributed by atoms with van der Waals surface area (Å²) in [5, 5.41) is 0. The Bertz CT molecular complexity index is 200. The Kier molecular flexibility index (Phi) is 1.72. The maximum atomic E-state index is 12.1. The molecule has 0 fully saturated rings. The highest BCUT2D eigenvalue weighted by Crippen LogP contribution is 2.00. The lowest BCUT2D eigenvalue weighted by Gasteiger charge is -1.89. The highest BCUT2D eigenvalue weighted by molar-refractivity contribution is 5.07. The van der Waals surface area contributed by atoms with Crippen LogP contribution in [0.4, 0.5) is 8.78 Å². The monoisotopic (exact) mass is 128 g/mol. The third-order valence-electron chi connectivity index (χ3n) is 0.868. The average molecular weight is 128 g/mol. The van der Waals surface area contributed by atoms with E-state index < -0.39 is 12.5 Å². The van der Waals surface area contributed by atoms with Crippen LogP contribution in [0.3, 0.4) is 0 Å². The Morgan fingerprint density at radius 1 is 1.67 bits per heavy atom. The lowest BCUT2D eigenvalue weighted by molar-refractivity contribution is 0.480. The van der Waals surface area contributed by atoms with E-state index in [4.69, 9.17) is 0 Å². The van der Waals surface area contributed by atoms with E-state index in [1.807, 2.05) is 6.20 Å². The van der Waals surface area contributed by atoms with Gasteiger partial charge < -0.3 is 0 Å². The predicted molar refractivity (Wildman–Crippen MR) is 27.8 cm³/mol. The van der Waals surface area contributed by atoms with Crippen molar-refractivity contribution in [2.45, 2.75) is 6.67 Å². The molecule has 1 radical (unpaired) electrons. The van der Waals surface area contributed by atoms with Gasteiger partial charge in [0, 0.05) is 11.8 Å². The molecule has 47 valence electrons. The third kappa shape index (κ3) is 1.45. The molecule has 0 unspecified atom stereocenters. The van der Waals surface area contributed by atoms with Gasteiger partial charge in [-0.05, 0) is 6.07 Å². The summed E-state index contributed by atoms with van der Waals surface area (Å²) < 4.78 is 23.8. The molecule has 1 aromatic heterocycles. The van der Waals surface area contributed by atoms with E-state index in [1.165, 1.54) is 6.20 Å². The quantitative estimate of drug-likeness (QED) is 0.558. The number of pyridine rings is 1. The lowest BCUT2D eigenvalue weighted by atomic mass is 10.3. The van der Waals surface area contributed by atoms with E-state index in [9.17, 15) is 8.78 Å². The minimum atomic E-state index is -0.682. The maximum absolute atomic E-state index is 12.1. The van der Waals surface area contributed by atoms with Crippen LogP contribution < -0.4 is 0 Å². The van der Waals surface area contributed by atoms with Crippen LogP contribution in [-0.4, -0.2) is 4.98 Å². The maximum Gasteiger partial charge on any atom is 0.151 e. The van der Waals surface area contributed by atoms with Crippen LogP contribution in [0, 0.1) is 12.0 Å². The zero-order chi connectivity index (χ0) is 6.69. The van der Waals surface area contributed by atoms with Crippen molar-refractivity contribution in [2.24, 2.45) is 0 Å². The molecule has 0 amide bonds. The number of alkyl halides is 1. The lowest BCUT2D eigenvalue weighted by Crippen LogP contribution is -1.83. The van der Waals surface area contributed by atoms with Crippen molar-refractivity contribution in [3.63, 3.8) is 0 Å². The van der Waals surface area contributed by atoms with Crippen LogP contribution in [0.1, 0.15) is 5.56 Å². The molecule has 0 saturated heterocycles. The second-order valence-electron chi connectivity index (χ2n) is 1.57. The van der Waals surface area contributed by atoms with E-state index in [-0.39, 0.29) is 5.56 Å². The molecule has 0 bridgehead atoms. The SMILES string of the molecule is FCc1cn[c]c(F)c1. The third-order valence-corrected chi connectivity index (χ3v) is 0.868. The van der Waals surface area contributed by atoms with Crippen LogP contribution in [0.15, 0.2) is 12.3 Å². The van der Waals surface area contributed by atoms with Gasteiger partial charge >= 0.3 is 0 Å². The van der Waals surface area contributed by atoms with Crippen molar-refractivity contribution in [3.8, 4) is 0 Å². The van der Waals surface area contributed by atoms with Crippen molar-refractivity contribution >= 4 is 0 Å². The Balaban J connectivity index is 2.94. The number of halogens is 2. The Hall–Kier alpha value is -0.990. The van der Waals surface area contributed by atoms with Gasteiger partial charge in [-0.25, -0.2) is 8.78 Å². The number of hydrogen-bond acceptors (Lipinski definition) is 1. The first kappa shape index (κ1) is 6.13. The normalized spacial score (nSPS) is 9.56. The molecule has 0 atom stereocenters. The van der Waals surface area contributed by atoms with Gasteiger partial charge in [0.2, 0.25) is 0 Å². The van der Waals surface area contributed by atoms with Gasteiger partial charge in [-0.1, -0.05) is 0 Å². The van der Waals surface area contributed by atoms with Gasteiger partial charge in [0.05, 0.1) is 0 Å². The minimum Gasteiger partial charge on any atom is -0.251 e. The summed E-state index contributed by atoms with van der Waals surface area (Å²) in [6, 6.07) is 1.06. The van der Waals surface area contributed by atoms with Gasteiger partial charge in [0.15, 0.2) is 5.82 Å². The van der Waals surface area contributed by atoms with E-state index in [1.54, 1.807) is 0 Å². The van der Waals surface area contributed by atoms with Crippen molar-refractivity contribution in [1.82, 2.24) is 4.98 Å². The summed E-state index contributed by atoms with van der Waals surface area (Å²) in [5.74, 6) is -0.620. The number of rotatable bonds is 1. The first-order valence-corrected chi connectivity index (χ1v) is 2.41. The molecular weight excluding hydrogens is 124 g/mol. The zero-order valence-electron chi connectivity index (χ0n) is 4.56. The fraction of sp³-hybridized carbons (Fsp3) is 0.167. The largest absolute Gasteiger partial charge is 0.251 e. The average Bonchev–Trinajstić information content (AvgIpc) is 1.88. The fourth-order valence-electron chi connectivity index (χ4n) is 0.482. The molecule has 1 nitrogen and oxygen atoms in total. The van der Waals surface area contributed by atoms with Gasteiger partial charge in [-0.2, -0.15) is 0 Å². The van der Waals surface area contributed by atoms with Crippen LogP contribution in [0.25, 0.3) is 0 Å². The van der Waals surface area contributed by atoms with Gasteiger partial charge in [-0.15, -0.1) is 0 Å². The van der Waals surface area contributed by atoms with Crippen LogP contribution in [0.2, 0.25) is 0 Å². The molecule has 1 heterocycles. The van der Waals surface area contributed by atoms with Crippen LogP contribution in [0.5, 0.6) is 0 Å². The van der Waals surface area contributed by atoms with E-state index in [0.717, 1.165) is 6.07 Å². The molecule has 0 aliphatic rings. The molecule has 0 aromatic carbocycles. The van der Waals surface area contributed by atoms with Crippen molar-refractivity contribution in [3.05, 3.63) is 29.8 Å². The summed E-state index contributed by atoms with van der Waals surface area (Å²) in [6.07, 6.45) is 3.26. The van der Waals surface area contributed by atoms with Crippen molar-refractivity contribution < 1.29 is 8.78 Å². The zero-order valence-corrected chi connectivity index (χ0v) is 4.56. The van der Waals surface area contributed by atoms with Gasteiger partial charge in [0.25, 0.3) is 0 Å². The van der Waals surface area contributed by atoms with E-state index in [2.05, 4.69) is 4.98 Å². The number of nitrogens with zero attached hydrogens (tertiary/aromatic N) is 1. The first-order chi connectivity index (χ1) is 4.33. The second-order valence-corrected chi connectivity index (χ2v) is 1.57. The summed E-state index contributed by atoms with van der Waals surface area (Å²) in [5.41, 5.74) is 0.242. The standard InChI is InChI=1S/C6H4F2N/c7-2-5-1-6(8)4-9-3-5/h1,3H,2H2. The van der Waals surface area contributed by atoms with E-state index in [0.29, 0.717) is 0 Å². The summed E-state index contributed by atoms with van der Waals surface area (Å²) in [7, 11) is 0. The molecule has 3 heteroatoms. The molecule has 0 aliphatic heterocycles. The molecule has 0 aliphatic carbocycles. The van der Waals surface area contributed by atoms with Crippen LogP contribution in [-0.2, 0) is 6.67 Å². The van der Waals surface area contributed by atoms with Crippen molar-refractivity contribution in [2.75, 3.05) is 0 Å². The summed E-state index contributed by atoms with van der Waals surface area (Å²) in [4.78, 5) is 3.32. The van der Waals surface area contributed by atoms with E-state index >= 15 is 0 Å². The molecular formula is C6H4F2N. The van der Waals surface area contributed by atoms with Crippen molar-refractivity contribution in [1.29, 1.82) is 0 Å². The molecule has 1 aromatic rings. The molecule has 0 N–H and O–H groups in total. The van der Waals surface area contributed by atoms with Gasteiger partial charge in [-0.3, -0.25) is 4.98 Å². The van der Waals surface area contributed by atoms with Gasteiger partial charge in [0.1, 0.15) is 12.9 Å². The smallest absolute Gasteiger partial charge is 0.151 e. The number of hydrogen-bond donors (Lipinski definition) is 0. The molecule has 1 rings (SSSR count). The molecule has 0 saturated carbocycles.